The van der Waals surface area contributed by atoms with Crippen LogP contribution in [-0.4, -0.2) is 42.2 Å². The van der Waals surface area contributed by atoms with Gasteiger partial charge in [0.25, 0.3) is 0 Å². The number of aliphatic hydroxyl groups is 1. The normalized spacial score (nSPS) is 19.1. The largest absolute Gasteiger partial charge is 0.395 e. The van der Waals surface area contributed by atoms with Gasteiger partial charge in [-0.15, -0.1) is 0 Å². The molecule has 1 saturated carbocycles. The van der Waals surface area contributed by atoms with Gasteiger partial charge in [0.15, 0.2) is 0 Å². The zero-order chi connectivity index (χ0) is 11.3. The van der Waals surface area contributed by atoms with Crippen LogP contribution in [0.2, 0.25) is 0 Å². The molecule has 0 aromatic heterocycles. The Labute approximate surface area is 91.4 Å². The molecule has 0 atom stereocenters. The average molecular weight is 214 g/mol. The zero-order valence-corrected chi connectivity index (χ0v) is 9.54. The van der Waals surface area contributed by atoms with Crippen molar-refractivity contribution in [2.75, 3.05) is 26.2 Å². The molecule has 4 nitrogen and oxygen atoms in total. The van der Waals surface area contributed by atoms with Crippen molar-refractivity contribution in [3.05, 3.63) is 0 Å². The number of nitrogens with two attached hydrogens (primary N) is 1. The van der Waals surface area contributed by atoms with Crippen molar-refractivity contribution >= 4 is 5.91 Å². The minimum atomic E-state index is -0.328. The number of nitrogens with zero attached hydrogens (tertiary/aromatic N) is 1. The highest BCUT2D eigenvalue weighted by molar-refractivity contribution is 5.83. The fourth-order valence-electron chi connectivity index (χ4n) is 2.42. The van der Waals surface area contributed by atoms with E-state index in [1.165, 1.54) is 0 Å². The number of rotatable bonds is 5. The van der Waals surface area contributed by atoms with Crippen molar-refractivity contribution in [3.63, 3.8) is 0 Å². The summed E-state index contributed by atoms with van der Waals surface area (Å²) in [6, 6.07) is 0. The van der Waals surface area contributed by atoms with Gasteiger partial charge in [0.1, 0.15) is 0 Å². The Kier molecular flexibility index (Phi) is 4.54. The highest BCUT2D eigenvalue weighted by atomic mass is 16.3. The number of aliphatic hydroxyl groups excluding tert-OH is 1. The predicted octanol–water partition coefficient (Wildman–Crippen LogP) is 0.346. The van der Waals surface area contributed by atoms with E-state index in [2.05, 4.69) is 0 Å². The Bertz CT molecular complexity index is 213. The van der Waals surface area contributed by atoms with Gasteiger partial charge in [-0.2, -0.15) is 0 Å². The molecule has 0 aromatic rings. The van der Waals surface area contributed by atoms with Gasteiger partial charge < -0.3 is 15.7 Å². The molecule has 3 N–H and O–H groups in total. The van der Waals surface area contributed by atoms with Crippen LogP contribution in [0.25, 0.3) is 0 Å². The fraction of sp³-hybridized carbons (Fsp3) is 0.909. The number of hydrogen-bond donors (Lipinski definition) is 2. The van der Waals surface area contributed by atoms with E-state index in [9.17, 15) is 4.79 Å². The molecule has 0 radical (unpaired) electrons. The van der Waals surface area contributed by atoms with Crippen LogP contribution in [0.1, 0.15) is 32.6 Å². The Morgan fingerprint density at radius 3 is 2.47 bits per heavy atom. The van der Waals surface area contributed by atoms with Crippen molar-refractivity contribution in [1.82, 2.24) is 4.90 Å². The van der Waals surface area contributed by atoms with Crippen LogP contribution in [0.5, 0.6) is 0 Å². The van der Waals surface area contributed by atoms with Gasteiger partial charge in [0.05, 0.1) is 12.0 Å². The Morgan fingerprint density at radius 2 is 2.07 bits per heavy atom. The lowest BCUT2D eigenvalue weighted by Crippen LogP contribution is -2.47. The molecule has 0 heterocycles. The molecular formula is C11H22N2O2. The van der Waals surface area contributed by atoms with E-state index >= 15 is 0 Å². The fourth-order valence-corrected chi connectivity index (χ4v) is 2.42. The van der Waals surface area contributed by atoms with Crippen molar-refractivity contribution in [1.29, 1.82) is 0 Å². The third-order valence-corrected chi connectivity index (χ3v) is 3.44. The standard InChI is InChI=1S/C11H22N2O2/c1-2-13(7-8-14)10(15)11(9-12)5-3-4-6-11/h14H,2-9,12H2,1H3. The van der Waals surface area contributed by atoms with Crippen molar-refractivity contribution < 1.29 is 9.90 Å². The van der Waals surface area contributed by atoms with Crippen molar-refractivity contribution in [2.45, 2.75) is 32.6 Å². The Hall–Kier alpha value is -0.610. The minimum Gasteiger partial charge on any atom is -0.395 e. The lowest BCUT2D eigenvalue weighted by atomic mass is 9.84. The Morgan fingerprint density at radius 1 is 1.47 bits per heavy atom. The second kappa shape index (κ2) is 5.47. The second-order valence-corrected chi connectivity index (χ2v) is 4.30. The molecule has 1 fully saturated rings. The van der Waals surface area contributed by atoms with E-state index in [1.54, 1.807) is 4.90 Å². The third-order valence-electron chi connectivity index (χ3n) is 3.44. The molecule has 1 amide bonds. The molecule has 0 aliphatic heterocycles. The second-order valence-electron chi connectivity index (χ2n) is 4.30. The smallest absolute Gasteiger partial charge is 0.230 e. The summed E-state index contributed by atoms with van der Waals surface area (Å²) in [4.78, 5) is 14.0. The molecular weight excluding hydrogens is 192 g/mol. The van der Waals surface area contributed by atoms with Crippen molar-refractivity contribution in [3.8, 4) is 0 Å². The van der Waals surface area contributed by atoms with E-state index in [0.29, 0.717) is 19.6 Å². The predicted molar refractivity (Wildman–Crippen MR) is 59.3 cm³/mol. The summed E-state index contributed by atoms with van der Waals surface area (Å²) in [5.41, 5.74) is 5.42. The summed E-state index contributed by atoms with van der Waals surface area (Å²) in [5, 5.41) is 8.89. The van der Waals surface area contributed by atoms with Gasteiger partial charge in [-0.05, 0) is 19.8 Å². The molecule has 88 valence electrons. The van der Waals surface area contributed by atoms with Crippen LogP contribution in [0, 0.1) is 5.41 Å². The van der Waals surface area contributed by atoms with Crippen molar-refractivity contribution in [2.24, 2.45) is 11.1 Å². The monoisotopic (exact) mass is 214 g/mol. The van der Waals surface area contributed by atoms with E-state index in [0.717, 1.165) is 25.7 Å². The molecule has 0 saturated heterocycles. The number of carbonyl (C=O) groups is 1. The lowest BCUT2D eigenvalue weighted by Gasteiger charge is -2.32. The van der Waals surface area contributed by atoms with Crippen LogP contribution in [0.15, 0.2) is 0 Å². The van der Waals surface area contributed by atoms with Gasteiger partial charge in [-0.1, -0.05) is 12.8 Å². The van der Waals surface area contributed by atoms with Gasteiger partial charge in [-0.25, -0.2) is 0 Å². The van der Waals surface area contributed by atoms with E-state index in [4.69, 9.17) is 10.8 Å². The van der Waals surface area contributed by atoms with E-state index in [-0.39, 0.29) is 17.9 Å². The van der Waals surface area contributed by atoms with E-state index in [1.807, 2.05) is 6.92 Å². The first-order valence-electron chi connectivity index (χ1n) is 5.80. The topological polar surface area (TPSA) is 66.6 Å². The number of likely N-dealkylation sites (N-methyl/N-ethyl adjacent to an activating group) is 1. The SMILES string of the molecule is CCN(CCO)C(=O)C1(CN)CCCC1. The van der Waals surface area contributed by atoms with Crippen LogP contribution in [0.4, 0.5) is 0 Å². The van der Waals surface area contributed by atoms with Gasteiger partial charge in [0.2, 0.25) is 5.91 Å². The maximum atomic E-state index is 12.3. The van der Waals surface area contributed by atoms with Crippen LogP contribution in [-0.2, 0) is 4.79 Å². The summed E-state index contributed by atoms with van der Waals surface area (Å²) in [5.74, 6) is 0.138. The molecule has 1 aliphatic carbocycles. The lowest BCUT2D eigenvalue weighted by molar-refractivity contribution is -0.141. The van der Waals surface area contributed by atoms with E-state index < -0.39 is 0 Å². The van der Waals surface area contributed by atoms with Gasteiger partial charge >= 0.3 is 0 Å². The molecule has 1 rings (SSSR count). The summed E-state index contributed by atoms with van der Waals surface area (Å²) < 4.78 is 0. The summed E-state index contributed by atoms with van der Waals surface area (Å²) >= 11 is 0. The highest BCUT2D eigenvalue weighted by Crippen LogP contribution is 2.38. The minimum absolute atomic E-state index is 0.0280. The molecule has 4 heteroatoms. The number of hydrogen-bond acceptors (Lipinski definition) is 3. The first-order valence-corrected chi connectivity index (χ1v) is 5.80. The number of amides is 1. The first kappa shape index (κ1) is 12.5. The molecule has 0 bridgehead atoms. The molecule has 0 unspecified atom stereocenters. The Balaban J connectivity index is 2.70. The molecule has 15 heavy (non-hydrogen) atoms. The average Bonchev–Trinajstić information content (AvgIpc) is 2.74. The summed E-state index contributed by atoms with van der Waals surface area (Å²) in [6.45, 7) is 3.49. The summed E-state index contributed by atoms with van der Waals surface area (Å²) in [6.07, 6.45) is 4.01. The summed E-state index contributed by atoms with van der Waals surface area (Å²) in [7, 11) is 0. The number of carbonyl (C=O) groups excluding carboxylic acids is 1. The molecule has 0 aromatic carbocycles. The highest BCUT2D eigenvalue weighted by Gasteiger charge is 2.41. The zero-order valence-electron chi connectivity index (χ0n) is 9.54. The third kappa shape index (κ3) is 2.49. The van der Waals surface area contributed by atoms with Crippen LogP contribution < -0.4 is 5.73 Å². The molecule has 1 aliphatic rings. The van der Waals surface area contributed by atoms with Gasteiger partial charge in [-0.3, -0.25) is 4.79 Å². The molecule has 0 spiro atoms. The maximum absolute atomic E-state index is 12.3. The quantitative estimate of drug-likeness (QED) is 0.694. The van der Waals surface area contributed by atoms with Gasteiger partial charge in [0, 0.05) is 19.6 Å². The maximum Gasteiger partial charge on any atom is 0.230 e. The first-order chi connectivity index (χ1) is 7.20. The van der Waals surface area contributed by atoms with Crippen LogP contribution in [0.3, 0.4) is 0 Å². The van der Waals surface area contributed by atoms with Crippen LogP contribution >= 0.6 is 0 Å².